The van der Waals surface area contributed by atoms with Crippen LogP contribution in [-0.2, 0) is 9.53 Å². The Morgan fingerprint density at radius 2 is 2.11 bits per heavy atom. The molecule has 0 aromatic heterocycles. The van der Waals surface area contributed by atoms with E-state index in [0.717, 1.165) is 15.5 Å². The van der Waals surface area contributed by atoms with E-state index in [1.165, 1.54) is 18.7 Å². The van der Waals surface area contributed by atoms with Crippen LogP contribution in [0.15, 0.2) is 63.5 Å². The first-order valence-corrected chi connectivity index (χ1v) is 11.1. The number of guanidine groups is 1. The predicted molar refractivity (Wildman–Crippen MR) is 123 cm³/mol. The summed E-state index contributed by atoms with van der Waals surface area (Å²) in [7, 11) is 1.83. The Labute approximate surface area is 180 Å². The molecule has 0 atom stereocenters. The second-order valence-corrected chi connectivity index (χ2v) is 8.20. The van der Waals surface area contributed by atoms with Crippen molar-refractivity contribution in [2.24, 2.45) is 0 Å². The Morgan fingerprint density at radius 1 is 1.39 bits per heavy atom. The number of rotatable bonds is 9. The van der Waals surface area contributed by atoms with Crippen LogP contribution < -0.4 is 10.2 Å². The zero-order valence-electron chi connectivity index (χ0n) is 16.5. The van der Waals surface area contributed by atoms with Gasteiger partial charge in [-0.15, -0.1) is 23.5 Å². The molecule has 0 aliphatic carbocycles. The maximum Gasteiger partial charge on any atom is 0.302 e. The van der Waals surface area contributed by atoms with Crippen molar-refractivity contribution >= 4 is 52.7 Å². The highest BCUT2D eigenvalue weighted by molar-refractivity contribution is 8.03. The first-order valence-electron chi connectivity index (χ1n) is 8.47. The Kier molecular flexibility index (Phi) is 10.9. The van der Waals surface area contributed by atoms with Gasteiger partial charge in [0, 0.05) is 40.9 Å². The summed E-state index contributed by atoms with van der Waals surface area (Å²) in [5.74, 6) is 0.560. The van der Waals surface area contributed by atoms with Gasteiger partial charge >= 0.3 is 5.97 Å². The molecular formula is C20H26ClN3O2S2. The van der Waals surface area contributed by atoms with Gasteiger partial charge in [0.15, 0.2) is 5.96 Å². The molecule has 1 rings (SSSR count). The van der Waals surface area contributed by atoms with Gasteiger partial charge in [-0.3, -0.25) is 10.2 Å². The van der Waals surface area contributed by atoms with E-state index in [1.807, 2.05) is 44.5 Å². The average Bonchev–Trinajstić information content (AvgIpc) is 2.68. The zero-order chi connectivity index (χ0) is 21.1. The van der Waals surface area contributed by atoms with Crippen LogP contribution in [0, 0.1) is 5.41 Å². The fraction of sp³-hybridized carbons (Fsp3) is 0.300. The smallest absolute Gasteiger partial charge is 0.302 e. The number of carbonyl (C=O) groups is 1. The number of nitrogens with one attached hydrogen (secondary N) is 2. The number of halogens is 1. The van der Waals surface area contributed by atoms with Gasteiger partial charge in [-0.2, -0.15) is 0 Å². The number of anilines is 1. The molecule has 0 radical (unpaired) electrons. The molecule has 0 saturated carbocycles. The van der Waals surface area contributed by atoms with E-state index in [4.69, 9.17) is 21.7 Å². The molecule has 0 amide bonds. The minimum Gasteiger partial charge on any atom is -0.465 e. The van der Waals surface area contributed by atoms with Gasteiger partial charge < -0.3 is 15.0 Å². The fourth-order valence-corrected chi connectivity index (χ4v) is 3.12. The highest BCUT2D eigenvalue weighted by atomic mass is 35.5. The fourth-order valence-electron chi connectivity index (χ4n) is 1.97. The van der Waals surface area contributed by atoms with E-state index in [0.29, 0.717) is 23.1 Å². The lowest BCUT2D eigenvalue weighted by Crippen LogP contribution is -2.37. The van der Waals surface area contributed by atoms with Crippen molar-refractivity contribution in [1.29, 1.82) is 5.41 Å². The normalized spacial score (nSPS) is 11.8. The van der Waals surface area contributed by atoms with E-state index in [-0.39, 0.29) is 11.9 Å². The second kappa shape index (κ2) is 12.6. The van der Waals surface area contributed by atoms with Crippen molar-refractivity contribution < 1.29 is 9.53 Å². The second-order valence-electron chi connectivity index (χ2n) is 5.70. The number of ether oxygens (including phenoxy) is 1. The Balaban J connectivity index is 2.61. The third-order valence-electron chi connectivity index (χ3n) is 3.53. The molecule has 0 heterocycles. The van der Waals surface area contributed by atoms with E-state index < -0.39 is 0 Å². The van der Waals surface area contributed by atoms with Crippen LogP contribution in [0.1, 0.15) is 13.8 Å². The standard InChI is InChI=1S/C20H26ClN3O2S2/c1-14(28-12-11-26-16(3)25)9-10-19(21)15(2)23-20(22)24(4)17-7-6-8-18(13-17)27-5/h6-10,13H,1,11-12H2,2-5H3,(H2,22,23)/b10-9-,19-15-. The molecule has 28 heavy (non-hydrogen) atoms. The quantitative estimate of drug-likeness (QED) is 0.137. The molecule has 0 spiro atoms. The van der Waals surface area contributed by atoms with Crippen molar-refractivity contribution in [1.82, 2.24) is 5.32 Å². The molecule has 8 heteroatoms. The van der Waals surface area contributed by atoms with E-state index in [2.05, 4.69) is 11.9 Å². The zero-order valence-corrected chi connectivity index (χ0v) is 18.9. The lowest BCUT2D eigenvalue weighted by molar-refractivity contribution is -0.140. The summed E-state index contributed by atoms with van der Waals surface area (Å²) in [6.07, 6.45) is 5.54. The molecule has 2 N–H and O–H groups in total. The number of thioether (sulfide) groups is 2. The van der Waals surface area contributed by atoms with Crippen LogP contribution in [0.5, 0.6) is 0 Å². The van der Waals surface area contributed by atoms with Crippen LogP contribution in [0.2, 0.25) is 0 Å². The van der Waals surface area contributed by atoms with Gasteiger partial charge in [-0.25, -0.2) is 0 Å². The molecule has 1 aromatic rings. The van der Waals surface area contributed by atoms with Crippen LogP contribution in [0.3, 0.4) is 0 Å². The summed E-state index contributed by atoms with van der Waals surface area (Å²) in [6, 6.07) is 7.98. The van der Waals surface area contributed by atoms with Crippen molar-refractivity contribution in [3.63, 3.8) is 0 Å². The maximum atomic E-state index is 10.7. The summed E-state index contributed by atoms with van der Waals surface area (Å²) in [5, 5.41) is 11.8. The summed E-state index contributed by atoms with van der Waals surface area (Å²) in [4.78, 5) is 14.4. The third kappa shape index (κ3) is 8.91. The Hall–Kier alpha value is -1.83. The first-order chi connectivity index (χ1) is 13.2. The van der Waals surface area contributed by atoms with Gasteiger partial charge in [-0.1, -0.05) is 24.2 Å². The molecule has 0 aliphatic rings. The summed E-state index contributed by atoms with van der Waals surface area (Å²) >= 11 is 9.45. The Morgan fingerprint density at radius 3 is 2.75 bits per heavy atom. The lowest BCUT2D eigenvalue weighted by atomic mass is 10.3. The minimum absolute atomic E-state index is 0.219. The largest absolute Gasteiger partial charge is 0.465 e. The molecular weight excluding hydrogens is 414 g/mol. The van der Waals surface area contributed by atoms with E-state index in [9.17, 15) is 4.79 Å². The topological polar surface area (TPSA) is 65.4 Å². The number of esters is 1. The molecule has 0 saturated heterocycles. The highest BCUT2D eigenvalue weighted by Crippen LogP contribution is 2.22. The van der Waals surface area contributed by atoms with Gasteiger partial charge in [-0.05, 0) is 43.5 Å². The molecule has 0 bridgehead atoms. The van der Waals surface area contributed by atoms with Gasteiger partial charge in [0.1, 0.15) is 6.61 Å². The number of carbonyl (C=O) groups excluding carboxylic acids is 1. The van der Waals surface area contributed by atoms with Crippen molar-refractivity contribution in [2.45, 2.75) is 18.7 Å². The van der Waals surface area contributed by atoms with E-state index in [1.54, 1.807) is 28.8 Å². The summed E-state index contributed by atoms with van der Waals surface area (Å²) in [5.41, 5.74) is 1.58. The van der Waals surface area contributed by atoms with Crippen LogP contribution >= 0.6 is 35.1 Å². The molecule has 0 unspecified atom stereocenters. The maximum absolute atomic E-state index is 10.7. The van der Waals surface area contributed by atoms with Gasteiger partial charge in [0.05, 0.1) is 5.03 Å². The molecule has 0 aliphatic heterocycles. The summed E-state index contributed by atoms with van der Waals surface area (Å²) < 4.78 is 4.87. The molecule has 5 nitrogen and oxygen atoms in total. The SMILES string of the molecule is C=C(/C=C\C(Cl)=C(/C)NC(=N)N(C)c1cccc(SC)c1)SCCOC(C)=O. The molecule has 0 fully saturated rings. The summed E-state index contributed by atoms with van der Waals surface area (Å²) in [6.45, 7) is 7.47. The van der Waals surface area contributed by atoms with Crippen LogP contribution in [-0.4, -0.2) is 37.6 Å². The van der Waals surface area contributed by atoms with Crippen molar-refractivity contribution in [2.75, 3.05) is 30.6 Å². The monoisotopic (exact) mass is 439 g/mol. The Bertz CT molecular complexity index is 778. The number of hydrogen-bond donors (Lipinski definition) is 2. The van der Waals surface area contributed by atoms with Crippen molar-refractivity contribution in [3.05, 3.63) is 58.6 Å². The van der Waals surface area contributed by atoms with Crippen molar-refractivity contribution in [3.8, 4) is 0 Å². The number of hydrogen-bond acceptors (Lipinski definition) is 5. The number of nitrogens with zero attached hydrogens (tertiary/aromatic N) is 1. The average molecular weight is 440 g/mol. The predicted octanol–water partition coefficient (Wildman–Crippen LogP) is 5.21. The molecule has 152 valence electrons. The number of allylic oxidation sites excluding steroid dienone is 4. The lowest BCUT2D eigenvalue weighted by Gasteiger charge is -2.22. The first kappa shape index (κ1) is 24.2. The van der Waals surface area contributed by atoms with Gasteiger partial charge in [0.2, 0.25) is 0 Å². The third-order valence-corrected chi connectivity index (χ3v) is 5.54. The van der Waals surface area contributed by atoms with Crippen LogP contribution in [0.25, 0.3) is 0 Å². The minimum atomic E-state index is -0.290. The van der Waals surface area contributed by atoms with E-state index >= 15 is 0 Å². The highest BCUT2D eigenvalue weighted by Gasteiger charge is 2.09. The van der Waals surface area contributed by atoms with Gasteiger partial charge in [0.25, 0.3) is 0 Å². The molecule has 1 aromatic carbocycles. The number of benzene rings is 1. The van der Waals surface area contributed by atoms with Crippen LogP contribution in [0.4, 0.5) is 5.69 Å².